The molecule has 1 saturated heterocycles. The summed E-state index contributed by atoms with van der Waals surface area (Å²) in [7, 11) is 0. The first-order chi connectivity index (χ1) is 5.88. The number of nitrogens with zero attached hydrogens (tertiary/aromatic N) is 2. The van der Waals surface area contributed by atoms with Crippen LogP contribution in [0.15, 0.2) is 0 Å². The summed E-state index contributed by atoms with van der Waals surface area (Å²) in [4.78, 5) is 0. The van der Waals surface area contributed by atoms with Gasteiger partial charge >= 0.3 is 0 Å². The molecule has 66 valence electrons. The van der Waals surface area contributed by atoms with Crippen molar-refractivity contribution in [2.75, 3.05) is 13.2 Å². The van der Waals surface area contributed by atoms with Crippen molar-refractivity contribution in [2.24, 2.45) is 0 Å². The number of ether oxygens (including phenoxy) is 2. The molecule has 12 heavy (non-hydrogen) atoms. The van der Waals surface area contributed by atoms with Crippen LogP contribution in [0.5, 0.6) is 5.19 Å². The molecule has 0 N–H and O–H groups in total. The summed E-state index contributed by atoms with van der Waals surface area (Å²) in [5.41, 5.74) is 0. The number of hydrogen-bond acceptors (Lipinski definition) is 5. The van der Waals surface area contributed by atoms with Gasteiger partial charge in [-0.1, -0.05) is 16.4 Å². The van der Waals surface area contributed by atoms with E-state index in [-0.39, 0.29) is 6.10 Å². The van der Waals surface area contributed by atoms with Crippen LogP contribution in [0.25, 0.3) is 0 Å². The molecule has 0 bridgehead atoms. The summed E-state index contributed by atoms with van der Waals surface area (Å²) in [6.07, 6.45) is 0.154. The van der Waals surface area contributed by atoms with Crippen LogP contribution >= 0.6 is 22.9 Å². The van der Waals surface area contributed by atoms with E-state index in [1.807, 2.05) is 0 Å². The van der Waals surface area contributed by atoms with Gasteiger partial charge in [-0.3, -0.25) is 0 Å². The van der Waals surface area contributed by atoms with Crippen LogP contribution in [0.3, 0.4) is 0 Å². The van der Waals surface area contributed by atoms with E-state index in [9.17, 15) is 0 Å². The fraction of sp³-hybridized carbons (Fsp3) is 0.667. The minimum Gasteiger partial charge on any atom is -0.461 e. The van der Waals surface area contributed by atoms with Gasteiger partial charge < -0.3 is 9.47 Å². The molecule has 4 nitrogen and oxygen atoms in total. The molecule has 1 fully saturated rings. The molecule has 1 aromatic heterocycles. The molecule has 0 radical (unpaired) electrons. The third-order valence-electron chi connectivity index (χ3n) is 1.44. The van der Waals surface area contributed by atoms with E-state index in [0.29, 0.717) is 24.3 Å². The Morgan fingerprint density at radius 1 is 1.58 bits per heavy atom. The van der Waals surface area contributed by atoms with Crippen molar-refractivity contribution < 1.29 is 9.47 Å². The summed E-state index contributed by atoms with van der Waals surface area (Å²) in [5.74, 6) is 0.391. The highest BCUT2D eigenvalue weighted by Crippen LogP contribution is 2.21. The molecular weight excluding hydrogens is 200 g/mol. The minimum atomic E-state index is 0.154. The molecule has 1 aliphatic heterocycles. The highest BCUT2D eigenvalue weighted by molar-refractivity contribution is 7.13. The molecule has 6 heteroatoms. The Balaban J connectivity index is 1.93. The number of rotatable bonds is 3. The van der Waals surface area contributed by atoms with Gasteiger partial charge in [0, 0.05) is 0 Å². The lowest BCUT2D eigenvalue weighted by atomic mass is 10.3. The Hall–Kier alpha value is -0.390. The van der Waals surface area contributed by atoms with Crippen molar-refractivity contribution in [2.45, 2.75) is 12.0 Å². The average molecular weight is 207 g/mol. The maximum Gasteiger partial charge on any atom is 0.294 e. The van der Waals surface area contributed by atoms with Gasteiger partial charge in [-0.15, -0.1) is 16.7 Å². The molecule has 0 unspecified atom stereocenters. The highest BCUT2D eigenvalue weighted by atomic mass is 35.5. The van der Waals surface area contributed by atoms with Gasteiger partial charge in [-0.05, 0) is 0 Å². The predicted molar refractivity (Wildman–Crippen MR) is 44.7 cm³/mol. The summed E-state index contributed by atoms with van der Waals surface area (Å²) in [6.45, 7) is 1.30. The maximum absolute atomic E-state index is 5.55. The zero-order valence-electron chi connectivity index (χ0n) is 6.20. The second-order valence-corrected chi connectivity index (χ2v) is 3.66. The first-order valence-corrected chi connectivity index (χ1v) is 4.86. The van der Waals surface area contributed by atoms with E-state index in [4.69, 9.17) is 21.1 Å². The van der Waals surface area contributed by atoms with Gasteiger partial charge in [0.05, 0.1) is 19.1 Å². The highest BCUT2D eigenvalue weighted by Gasteiger charge is 2.21. The molecule has 0 amide bonds. The quantitative estimate of drug-likeness (QED) is 0.694. The average Bonchev–Trinajstić information content (AvgIpc) is 2.44. The molecule has 1 aromatic rings. The first kappa shape index (κ1) is 8.22. The molecule has 0 aliphatic carbocycles. The zero-order valence-corrected chi connectivity index (χ0v) is 7.77. The summed E-state index contributed by atoms with van der Waals surface area (Å²) < 4.78 is 10.3. The zero-order chi connectivity index (χ0) is 8.39. The standard InChI is InChI=1S/C6H7ClN2O2S/c7-1-5-8-9-6(12-5)11-4-2-10-3-4/h4H,1-3H2. The van der Waals surface area contributed by atoms with Gasteiger partial charge in [-0.2, -0.15) is 0 Å². The SMILES string of the molecule is ClCc1nnc(OC2COC2)s1. The van der Waals surface area contributed by atoms with E-state index in [1.165, 1.54) is 11.3 Å². The van der Waals surface area contributed by atoms with E-state index in [1.54, 1.807) is 0 Å². The van der Waals surface area contributed by atoms with Crippen molar-refractivity contribution in [1.29, 1.82) is 0 Å². The third-order valence-corrected chi connectivity index (χ3v) is 2.66. The lowest BCUT2D eigenvalue weighted by molar-refractivity contribution is -0.0799. The largest absolute Gasteiger partial charge is 0.461 e. The van der Waals surface area contributed by atoms with Gasteiger partial charge in [0.15, 0.2) is 0 Å². The molecular formula is C6H7ClN2O2S. The summed E-state index contributed by atoms with van der Waals surface area (Å²) in [6, 6.07) is 0. The Kier molecular flexibility index (Phi) is 2.43. The smallest absolute Gasteiger partial charge is 0.294 e. The first-order valence-electron chi connectivity index (χ1n) is 3.51. The molecule has 2 heterocycles. The van der Waals surface area contributed by atoms with Crippen LogP contribution in [0.1, 0.15) is 5.01 Å². The van der Waals surface area contributed by atoms with E-state index in [2.05, 4.69) is 10.2 Å². The van der Waals surface area contributed by atoms with Crippen LogP contribution in [0, 0.1) is 0 Å². The Bertz CT molecular complexity index is 264. The molecule has 0 aromatic carbocycles. The fourth-order valence-corrected chi connectivity index (χ4v) is 1.59. The van der Waals surface area contributed by atoms with Gasteiger partial charge in [0.25, 0.3) is 5.19 Å². The van der Waals surface area contributed by atoms with Gasteiger partial charge in [0.2, 0.25) is 0 Å². The molecule has 0 atom stereocenters. The van der Waals surface area contributed by atoms with Crippen LogP contribution in [-0.2, 0) is 10.6 Å². The summed E-state index contributed by atoms with van der Waals surface area (Å²) in [5, 5.41) is 9.00. The number of hydrogen-bond donors (Lipinski definition) is 0. The molecule has 1 aliphatic rings. The molecule has 2 rings (SSSR count). The number of aromatic nitrogens is 2. The lowest BCUT2D eigenvalue weighted by Gasteiger charge is -2.24. The van der Waals surface area contributed by atoms with Crippen molar-refractivity contribution in [3.05, 3.63) is 5.01 Å². The number of halogens is 1. The molecule has 0 spiro atoms. The van der Waals surface area contributed by atoms with Gasteiger partial charge in [0.1, 0.15) is 11.1 Å². The van der Waals surface area contributed by atoms with Gasteiger partial charge in [-0.25, -0.2) is 0 Å². The van der Waals surface area contributed by atoms with Crippen LogP contribution in [0.2, 0.25) is 0 Å². The van der Waals surface area contributed by atoms with Crippen molar-refractivity contribution in [1.82, 2.24) is 10.2 Å². The van der Waals surface area contributed by atoms with Crippen molar-refractivity contribution >= 4 is 22.9 Å². The Labute approximate surface area is 78.5 Å². The van der Waals surface area contributed by atoms with Crippen molar-refractivity contribution in [3.8, 4) is 5.19 Å². The van der Waals surface area contributed by atoms with E-state index >= 15 is 0 Å². The Morgan fingerprint density at radius 3 is 2.92 bits per heavy atom. The van der Waals surface area contributed by atoms with Crippen LogP contribution < -0.4 is 4.74 Å². The predicted octanol–water partition coefficient (Wildman–Crippen LogP) is 1.05. The monoisotopic (exact) mass is 206 g/mol. The van der Waals surface area contributed by atoms with Crippen LogP contribution in [-0.4, -0.2) is 29.5 Å². The van der Waals surface area contributed by atoms with Crippen LogP contribution in [0.4, 0.5) is 0 Å². The van der Waals surface area contributed by atoms with E-state index in [0.717, 1.165) is 5.01 Å². The van der Waals surface area contributed by atoms with Crippen molar-refractivity contribution in [3.63, 3.8) is 0 Å². The minimum absolute atomic E-state index is 0.154. The van der Waals surface area contributed by atoms with E-state index < -0.39 is 0 Å². The molecule has 0 saturated carbocycles. The lowest BCUT2D eigenvalue weighted by Crippen LogP contribution is -2.38. The second-order valence-electron chi connectivity index (χ2n) is 2.37. The second kappa shape index (κ2) is 3.55. The summed E-state index contributed by atoms with van der Waals surface area (Å²) >= 11 is 6.93. The third kappa shape index (κ3) is 1.68. The topological polar surface area (TPSA) is 44.2 Å². The normalized spacial score (nSPS) is 17.4. The Morgan fingerprint density at radius 2 is 2.42 bits per heavy atom. The fourth-order valence-electron chi connectivity index (χ4n) is 0.765. The number of alkyl halides is 1. The maximum atomic E-state index is 5.55.